The first kappa shape index (κ1) is 29.3. The molecule has 2 bridgehead atoms. The normalized spacial score (nSPS) is 29.7. The number of halogens is 1. The number of likely N-dealkylation sites (tertiary alicyclic amines) is 1. The summed E-state index contributed by atoms with van der Waals surface area (Å²) in [6.07, 6.45) is 7.33. The number of hydrogen-bond donors (Lipinski definition) is 1. The van der Waals surface area contributed by atoms with Crippen molar-refractivity contribution >= 4 is 35.1 Å². The summed E-state index contributed by atoms with van der Waals surface area (Å²) < 4.78 is 12.5. The van der Waals surface area contributed by atoms with Crippen LogP contribution in [0.2, 0.25) is 5.02 Å². The molecule has 0 radical (unpaired) electrons. The maximum atomic E-state index is 14.4. The molecule has 212 valence electrons. The van der Waals surface area contributed by atoms with Crippen LogP contribution in [0, 0.1) is 11.8 Å². The van der Waals surface area contributed by atoms with Crippen LogP contribution in [-0.2, 0) is 23.9 Å². The molecule has 0 saturated carbocycles. The highest BCUT2D eigenvalue weighted by molar-refractivity contribution is 6.30. The minimum Gasteiger partial charge on any atom is -0.465 e. The van der Waals surface area contributed by atoms with Crippen molar-refractivity contribution in [3.63, 3.8) is 0 Å². The average molecular weight is 559 g/mol. The first-order chi connectivity index (χ1) is 18.7. The lowest BCUT2D eigenvalue weighted by atomic mass is 9.65. The van der Waals surface area contributed by atoms with Gasteiger partial charge in [-0.3, -0.25) is 14.4 Å². The van der Waals surface area contributed by atoms with Crippen LogP contribution in [-0.4, -0.2) is 70.8 Å². The van der Waals surface area contributed by atoms with Crippen molar-refractivity contribution in [3.8, 4) is 0 Å². The summed E-state index contributed by atoms with van der Waals surface area (Å²) >= 11 is 6.09. The Bertz CT molecular complexity index is 1110. The van der Waals surface area contributed by atoms with Crippen molar-refractivity contribution in [1.82, 2.24) is 4.90 Å². The Morgan fingerprint density at radius 2 is 1.97 bits per heavy atom. The summed E-state index contributed by atoms with van der Waals surface area (Å²) in [5.74, 6) is -2.85. The summed E-state index contributed by atoms with van der Waals surface area (Å²) in [7, 11) is 0. The number of carbonyl (C=O) groups is 3. The second-order valence-electron chi connectivity index (χ2n) is 10.8. The van der Waals surface area contributed by atoms with Gasteiger partial charge in [-0.1, -0.05) is 30.7 Å². The molecule has 0 aromatic heterocycles. The van der Waals surface area contributed by atoms with Gasteiger partial charge in [0, 0.05) is 17.3 Å². The zero-order chi connectivity index (χ0) is 28.4. The number of rotatable bonds is 13. The van der Waals surface area contributed by atoms with Gasteiger partial charge in [0.05, 0.1) is 30.8 Å². The number of fused-ring (bicyclic) bond motifs is 1. The Labute approximate surface area is 235 Å². The van der Waals surface area contributed by atoms with Crippen LogP contribution in [0.1, 0.15) is 52.4 Å². The smallest absolute Gasteiger partial charge is 0.312 e. The summed E-state index contributed by atoms with van der Waals surface area (Å²) in [6.45, 7) is 11.3. The van der Waals surface area contributed by atoms with Gasteiger partial charge in [0.15, 0.2) is 0 Å². The van der Waals surface area contributed by atoms with Gasteiger partial charge >= 0.3 is 5.97 Å². The number of amides is 2. The van der Waals surface area contributed by atoms with Crippen molar-refractivity contribution < 1.29 is 29.0 Å². The van der Waals surface area contributed by atoms with Crippen molar-refractivity contribution in [3.05, 3.63) is 54.6 Å². The summed E-state index contributed by atoms with van der Waals surface area (Å²) in [4.78, 5) is 45.1. The fourth-order valence-electron chi connectivity index (χ4n) is 6.73. The molecule has 3 heterocycles. The van der Waals surface area contributed by atoms with Crippen molar-refractivity contribution in [2.24, 2.45) is 11.8 Å². The molecule has 39 heavy (non-hydrogen) atoms. The molecule has 1 spiro atoms. The van der Waals surface area contributed by atoms with Crippen LogP contribution < -0.4 is 4.90 Å². The Kier molecular flexibility index (Phi) is 8.88. The first-order valence-electron chi connectivity index (χ1n) is 13.8. The molecule has 2 amide bonds. The third-order valence-electron chi connectivity index (χ3n) is 8.61. The predicted octanol–water partition coefficient (Wildman–Crippen LogP) is 4.29. The van der Waals surface area contributed by atoms with E-state index in [9.17, 15) is 19.5 Å². The molecule has 3 aliphatic rings. The van der Waals surface area contributed by atoms with E-state index in [-0.39, 0.29) is 31.6 Å². The Balaban J connectivity index is 1.73. The van der Waals surface area contributed by atoms with Gasteiger partial charge < -0.3 is 24.4 Å². The molecular formula is C30H39ClN2O6. The number of aliphatic hydroxyl groups is 1. The SMILES string of the molecule is C=CCCCCOC(=O)[C@H]1[C@H]2C(=O)N([C@H](C)CO)C(C(=O)N(CC=C)c3ccc(Cl)cc3)C23CC[C@]1(CC)O3. The van der Waals surface area contributed by atoms with E-state index in [0.717, 1.165) is 12.8 Å². The summed E-state index contributed by atoms with van der Waals surface area (Å²) in [6, 6.07) is 5.19. The van der Waals surface area contributed by atoms with Crippen LogP contribution in [0.3, 0.4) is 0 Å². The highest BCUT2D eigenvalue weighted by Crippen LogP contribution is 2.64. The van der Waals surface area contributed by atoms with Crippen LogP contribution in [0.25, 0.3) is 0 Å². The molecule has 0 aliphatic carbocycles. The highest BCUT2D eigenvalue weighted by Gasteiger charge is 2.79. The Hall–Kier alpha value is -2.68. The average Bonchev–Trinajstić information content (AvgIpc) is 3.55. The number of anilines is 1. The van der Waals surface area contributed by atoms with E-state index in [2.05, 4.69) is 13.2 Å². The van der Waals surface area contributed by atoms with Crippen molar-refractivity contribution in [2.45, 2.75) is 75.7 Å². The lowest BCUT2D eigenvalue weighted by Gasteiger charge is -2.38. The topological polar surface area (TPSA) is 96.4 Å². The predicted molar refractivity (Wildman–Crippen MR) is 149 cm³/mol. The number of unbranched alkanes of at least 4 members (excludes halogenated alkanes) is 2. The van der Waals surface area contributed by atoms with Gasteiger partial charge in [-0.05, 0) is 69.7 Å². The van der Waals surface area contributed by atoms with Gasteiger partial charge in [0.1, 0.15) is 17.6 Å². The summed E-state index contributed by atoms with van der Waals surface area (Å²) in [5.41, 5.74) is -1.48. The standard InChI is InChI=1S/C30H39ClN2O6/c1-5-8-9-10-18-38-28(37)24-23-26(35)33(20(4)19-34)25(30(23)16-15-29(24,7-3)39-30)27(36)32(17-6-2)22-13-11-21(31)12-14-22/h5-6,11-14,20,23-25,34H,1-2,7-10,15-19H2,3-4H3/t20-,23+,24-,25?,29+,30?/m1/s1. The molecule has 6 atom stereocenters. The van der Waals surface area contributed by atoms with Gasteiger partial charge in [0.2, 0.25) is 5.91 Å². The minimum atomic E-state index is -1.20. The van der Waals surface area contributed by atoms with E-state index in [0.29, 0.717) is 36.4 Å². The van der Waals surface area contributed by atoms with Crippen LogP contribution in [0.5, 0.6) is 0 Å². The molecule has 1 N–H and O–H groups in total. The number of aliphatic hydroxyl groups excluding tert-OH is 1. The fraction of sp³-hybridized carbons (Fsp3) is 0.567. The van der Waals surface area contributed by atoms with Gasteiger partial charge in [0.25, 0.3) is 5.91 Å². The van der Waals surface area contributed by atoms with E-state index < -0.39 is 41.1 Å². The largest absolute Gasteiger partial charge is 0.465 e. The number of benzene rings is 1. The van der Waals surface area contributed by atoms with E-state index in [1.54, 1.807) is 42.2 Å². The molecule has 8 nitrogen and oxygen atoms in total. The summed E-state index contributed by atoms with van der Waals surface area (Å²) in [5, 5.41) is 10.6. The molecule has 3 fully saturated rings. The molecule has 1 aromatic rings. The molecule has 3 aliphatic heterocycles. The van der Waals surface area contributed by atoms with E-state index in [4.69, 9.17) is 21.1 Å². The van der Waals surface area contributed by atoms with Gasteiger partial charge in [-0.15, -0.1) is 13.2 Å². The van der Waals surface area contributed by atoms with Crippen molar-refractivity contribution in [2.75, 3.05) is 24.7 Å². The van der Waals surface area contributed by atoms with Crippen molar-refractivity contribution in [1.29, 1.82) is 0 Å². The number of carbonyl (C=O) groups excluding carboxylic acids is 3. The van der Waals surface area contributed by atoms with Crippen LogP contribution in [0.15, 0.2) is 49.6 Å². The number of ether oxygens (including phenoxy) is 2. The molecule has 3 saturated heterocycles. The zero-order valence-electron chi connectivity index (χ0n) is 22.8. The molecule has 4 rings (SSSR count). The molecule has 1 aromatic carbocycles. The Morgan fingerprint density at radius 1 is 1.26 bits per heavy atom. The third kappa shape index (κ3) is 4.92. The zero-order valence-corrected chi connectivity index (χ0v) is 23.6. The molecule has 9 heteroatoms. The maximum Gasteiger partial charge on any atom is 0.312 e. The fourth-order valence-corrected chi connectivity index (χ4v) is 6.86. The number of allylic oxidation sites excluding steroid dienone is 1. The van der Waals surface area contributed by atoms with Crippen LogP contribution >= 0.6 is 11.6 Å². The van der Waals surface area contributed by atoms with Gasteiger partial charge in [-0.25, -0.2) is 0 Å². The van der Waals surface area contributed by atoms with Gasteiger partial charge in [-0.2, -0.15) is 0 Å². The monoisotopic (exact) mass is 558 g/mol. The number of esters is 1. The van der Waals surface area contributed by atoms with E-state index >= 15 is 0 Å². The minimum absolute atomic E-state index is 0.197. The van der Waals surface area contributed by atoms with Crippen LogP contribution in [0.4, 0.5) is 5.69 Å². The van der Waals surface area contributed by atoms with E-state index in [1.807, 2.05) is 13.0 Å². The molecule has 2 unspecified atom stereocenters. The number of hydrogen-bond acceptors (Lipinski definition) is 6. The van der Waals surface area contributed by atoms with E-state index in [1.165, 1.54) is 4.90 Å². The third-order valence-corrected chi connectivity index (χ3v) is 8.86. The first-order valence-corrected chi connectivity index (χ1v) is 14.2. The quantitative estimate of drug-likeness (QED) is 0.220. The molecular weight excluding hydrogens is 520 g/mol. The lowest BCUT2D eigenvalue weighted by molar-refractivity contribution is -0.162. The number of nitrogens with zero attached hydrogens (tertiary/aromatic N) is 2. The maximum absolute atomic E-state index is 14.4. The highest BCUT2D eigenvalue weighted by atomic mass is 35.5. The second-order valence-corrected chi connectivity index (χ2v) is 11.2. The second kappa shape index (κ2) is 11.8. The Morgan fingerprint density at radius 3 is 2.59 bits per heavy atom. The lowest BCUT2D eigenvalue weighted by Crippen LogP contribution is -2.58.